The Morgan fingerprint density at radius 1 is 1.40 bits per heavy atom. The molecule has 0 unspecified atom stereocenters. The van der Waals surface area contributed by atoms with Crippen molar-refractivity contribution in [1.82, 2.24) is 0 Å². The van der Waals surface area contributed by atoms with Gasteiger partial charge in [-0.1, -0.05) is 30.7 Å². The number of furan rings is 1. The predicted molar refractivity (Wildman–Crippen MR) is 83.5 cm³/mol. The Balaban J connectivity index is 2.64. The van der Waals surface area contributed by atoms with E-state index < -0.39 is 0 Å². The van der Waals surface area contributed by atoms with E-state index >= 15 is 0 Å². The van der Waals surface area contributed by atoms with Gasteiger partial charge in [-0.15, -0.1) is 6.42 Å². The number of methoxy groups -OCH3 is 1. The second-order valence-corrected chi connectivity index (χ2v) is 4.19. The number of benzene rings is 1. The number of fused-ring (bicyclic) bond motifs is 1. The molecule has 1 heterocycles. The van der Waals surface area contributed by atoms with Crippen LogP contribution in [0.4, 0.5) is 0 Å². The minimum Gasteiger partial charge on any atom is -0.497 e. The molecule has 2 aromatic rings. The fourth-order valence-corrected chi connectivity index (χ4v) is 2.00. The highest BCUT2D eigenvalue weighted by molar-refractivity contribution is 5.87. The van der Waals surface area contributed by atoms with Crippen molar-refractivity contribution in [3.8, 4) is 18.1 Å². The highest BCUT2D eigenvalue weighted by atomic mass is 16.5. The fraction of sp³-hybridized carbons (Fsp3) is 0.111. The van der Waals surface area contributed by atoms with Crippen molar-refractivity contribution in [3.63, 3.8) is 0 Å². The van der Waals surface area contributed by atoms with Gasteiger partial charge in [0.05, 0.1) is 7.11 Å². The third-order valence-corrected chi connectivity index (χ3v) is 2.97. The Morgan fingerprint density at radius 3 is 2.80 bits per heavy atom. The summed E-state index contributed by atoms with van der Waals surface area (Å²) in [5.41, 5.74) is 2.34. The summed E-state index contributed by atoms with van der Waals surface area (Å²) in [5, 5.41) is 0.974. The van der Waals surface area contributed by atoms with E-state index in [0.29, 0.717) is 5.57 Å². The van der Waals surface area contributed by atoms with Crippen LogP contribution < -0.4 is 4.74 Å². The van der Waals surface area contributed by atoms with Gasteiger partial charge >= 0.3 is 0 Å². The maximum absolute atomic E-state index is 5.86. The summed E-state index contributed by atoms with van der Waals surface area (Å²) in [6.07, 6.45) is 11.0. The molecule has 1 aromatic heterocycles. The molecule has 0 spiro atoms. The zero-order valence-electron chi connectivity index (χ0n) is 11.6. The van der Waals surface area contributed by atoms with E-state index in [9.17, 15) is 0 Å². The van der Waals surface area contributed by atoms with Crippen molar-refractivity contribution in [2.75, 3.05) is 7.11 Å². The van der Waals surface area contributed by atoms with Gasteiger partial charge in [-0.05, 0) is 31.2 Å². The summed E-state index contributed by atoms with van der Waals surface area (Å²) in [7, 11) is 1.64. The second-order valence-electron chi connectivity index (χ2n) is 4.19. The Labute approximate surface area is 119 Å². The summed E-state index contributed by atoms with van der Waals surface area (Å²) in [5.74, 6) is 4.14. The molecule has 1 aromatic carbocycles. The number of hydrogen-bond donors (Lipinski definition) is 0. The molecule has 100 valence electrons. The van der Waals surface area contributed by atoms with Gasteiger partial charge < -0.3 is 9.15 Å². The summed E-state index contributed by atoms with van der Waals surface area (Å²) in [6.45, 7) is 5.68. The first-order valence-corrected chi connectivity index (χ1v) is 6.27. The molecule has 0 N–H and O–H groups in total. The molecule has 0 saturated heterocycles. The van der Waals surface area contributed by atoms with Crippen LogP contribution >= 0.6 is 0 Å². The van der Waals surface area contributed by atoms with Gasteiger partial charge in [0.1, 0.15) is 17.1 Å². The molecule has 0 saturated carbocycles. The molecule has 20 heavy (non-hydrogen) atoms. The van der Waals surface area contributed by atoms with Crippen molar-refractivity contribution in [3.05, 3.63) is 60.4 Å². The van der Waals surface area contributed by atoms with Gasteiger partial charge in [0.25, 0.3) is 0 Å². The lowest BCUT2D eigenvalue weighted by Crippen LogP contribution is -1.82. The Bertz CT molecular complexity index is 736. The van der Waals surface area contributed by atoms with Gasteiger partial charge in [-0.25, -0.2) is 0 Å². The summed E-state index contributed by atoms with van der Waals surface area (Å²) < 4.78 is 11.1. The third-order valence-electron chi connectivity index (χ3n) is 2.97. The normalized spacial score (nSPS) is 12.2. The second kappa shape index (κ2) is 5.99. The maximum atomic E-state index is 5.86. The van der Waals surface area contributed by atoms with Crippen LogP contribution in [0.1, 0.15) is 12.7 Å². The molecule has 0 amide bonds. The van der Waals surface area contributed by atoms with E-state index in [1.54, 1.807) is 13.2 Å². The van der Waals surface area contributed by atoms with Crippen LogP contribution in [0.25, 0.3) is 16.5 Å². The van der Waals surface area contributed by atoms with E-state index in [0.717, 1.165) is 28.1 Å². The van der Waals surface area contributed by atoms with Crippen molar-refractivity contribution >= 4 is 16.5 Å². The Morgan fingerprint density at radius 2 is 2.20 bits per heavy atom. The van der Waals surface area contributed by atoms with Crippen LogP contribution in [0.2, 0.25) is 0 Å². The standard InChI is InChI=1S/C18H16O2/c1-5-8-16(13(6-2)7-3)18-12-14-11-15(19-4)9-10-17(14)20-18/h2,5,7-12H,3H2,1,4H3/b8-5-,16-13+. The molecule has 0 bridgehead atoms. The minimum absolute atomic E-state index is 0.703. The maximum Gasteiger partial charge on any atom is 0.136 e. The monoisotopic (exact) mass is 264 g/mol. The fourth-order valence-electron chi connectivity index (χ4n) is 2.00. The zero-order chi connectivity index (χ0) is 14.5. The molecular weight excluding hydrogens is 248 g/mol. The molecule has 2 heteroatoms. The molecule has 0 aliphatic carbocycles. The van der Waals surface area contributed by atoms with E-state index in [1.807, 2.05) is 43.3 Å². The average molecular weight is 264 g/mol. The minimum atomic E-state index is 0.703. The molecule has 0 fully saturated rings. The average Bonchev–Trinajstić information content (AvgIpc) is 2.89. The first-order valence-electron chi connectivity index (χ1n) is 6.27. The van der Waals surface area contributed by atoms with Gasteiger partial charge in [0, 0.05) is 16.5 Å². The summed E-state index contributed by atoms with van der Waals surface area (Å²) in [6, 6.07) is 7.63. The molecule has 0 aliphatic heterocycles. The van der Waals surface area contributed by atoms with E-state index in [1.165, 1.54) is 0 Å². The van der Waals surface area contributed by atoms with Crippen LogP contribution in [0.5, 0.6) is 5.75 Å². The van der Waals surface area contributed by atoms with Crippen molar-refractivity contribution < 1.29 is 9.15 Å². The smallest absolute Gasteiger partial charge is 0.136 e. The van der Waals surface area contributed by atoms with Crippen LogP contribution in [0, 0.1) is 12.3 Å². The quantitative estimate of drug-likeness (QED) is 0.595. The SMILES string of the molecule is C#C/C(C=C)=C(/C=C\C)c1cc2cc(OC)ccc2o1. The highest BCUT2D eigenvalue weighted by Gasteiger charge is 2.10. The molecule has 2 rings (SSSR count). The number of ether oxygens (including phenoxy) is 1. The van der Waals surface area contributed by atoms with E-state index in [-0.39, 0.29) is 0 Å². The summed E-state index contributed by atoms with van der Waals surface area (Å²) in [4.78, 5) is 0. The van der Waals surface area contributed by atoms with Crippen molar-refractivity contribution in [2.24, 2.45) is 0 Å². The summed E-state index contributed by atoms with van der Waals surface area (Å²) >= 11 is 0. The highest BCUT2D eigenvalue weighted by Crippen LogP contribution is 2.30. The van der Waals surface area contributed by atoms with Gasteiger partial charge in [0.2, 0.25) is 0 Å². The first kappa shape index (κ1) is 13.8. The number of allylic oxidation sites excluding steroid dienone is 5. The van der Waals surface area contributed by atoms with Crippen LogP contribution in [0.15, 0.2) is 59.1 Å². The zero-order valence-corrected chi connectivity index (χ0v) is 11.6. The van der Waals surface area contributed by atoms with Crippen LogP contribution in [-0.2, 0) is 0 Å². The lowest BCUT2D eigenvalue weighted by Gasteiger charge is -2.00. The van der Waals surface area contributed by atoms with E-state index in [4.69, 9.17) is 15.6 Å². The van der Waals surface area contributed by atoms with Gasteiger partial charge in [-0.2, -0.15) is 0 Å². The van der Waals surface area contributed by atoms with Crippen molar-refractivity contribution in [1.29, 1.82) is 0 Å². The van der Waals surface area contributed by atoms with Crippen LogP contribution in [-0.4, -0.2) is 7.11 Å². The Kier molecular flexibility index (Phi) is 4.12. The van der Waals surface area contributed by atoms with Gasteiger partial charge in [0.15, 0.2) is 0 Å². The van der Waals surface area contributed by atoms with Crippen molar-refractivity contribution in [2.45, 2.75) is 6.92 Å². The molecule has 2 nitrogen and oxygen atoms in total. The third kappa shape index (κ3) is 2.53. The predicted octanol–water partition coefficient (Wildman–Crippen LogP) is 4.59. The topological polar surface area (TPSA) is 22.4 Å². The number of terminal acetylenes is 1. The lowest BCUT2D eigenvalue weighted by atomic mass is 10.1. The van der Waals surface area contributed by atoms with Gasteiger partial charge in [-0.3, -0.25) is 0 Å². The largest absolute Gasteiger partial charge is 0.497 e. The number of hydrogen-bond acceptors (Lipinski definition) is 2. The molecular formula is C18H16O2. The molecule has 0 radical (unpaired) electrons. The Hall–Kier alpha value is -2.66. The molecule has 0 aliphatic rings. The first-order chi connectivity index (χ1) is 9.73. The van der Waals surface area contributed by atoms with Crippen LogP contribution in [0.3, 0.4) is 0 Å². The number of rotatable bonds is 4. The molecule has 0 atom stereocenters. The van der Waals surface area contributed by atoms with E-state index in [2.05, 4.69) is 12.5 Å². The lowest BCUT2D eigenvalue weighted by molar-refractivity contribution is 0.415.